The Balaban J connectivity index is 3.88. The van der Waals surface area contributed by atoms with Gasteiger partial charge in [0.25, 0.3) is 0 Å². The van der Waals surface area contributed by atoms with Gasteiger partial charge in [-0.2, -0.15) is 0 Å². The van der Waals surface area contributed by atoms with Crippen LogP contribution in [-0.2, 0) is 9.53 Å². The largest absolute Gasteiger partial charge is 0.463 e. The minimum absolute atomic E-state index is 0.00518. The van der Waals surface area contributed by atoms with Crippen molar-refractivity contribution in [3.05, 3.63) is 12.2 Å². The first kappa shape index (κ1) is 12.2. The third kappa shape index (κ3) is 5.42. The molecule has 0 rings (SSSR count). The van der Waals surface area contributed by atoms with Crippen molar-refractivity contribution in [3.63, 3.8) is 0 Å². The summed E-state index contributed by atoms with van der Waals surface area (Å²) in [7, 11) is 0. The average Bonchev–Trinajstić information content (AvgIpc) is 2.13. The molecule has 0 heterocycles. The summed E-state index contributed by atoms with van der Waals surface area (Å²) in [5, 5.41) is 9.37. The van der Waals surface area contributed by atoms with Gasteiger partial charge in [-0.3, -0.25) is 0 Å². The summed E-state index contributed by atoms with van der Waals surface area (Å²) >= 11 is 0. The summed E-state index contributed by atoms with van der Waals surface area (Å²) in [5.74, 6) is -0.355. The molecule has 0 aliphatic rings. The average molecular weight is 186 g/mol. The van der Waals surface area contributed by atoms with Crippen LogP contribution >= 0.6 is 0 Å². The first-order valence-corrected chi connectivity index (χ1v) is 4.64. The minimum Gasteiger partial charge on any atom is -0.463 e. The van der Waals surface area contributed by atoms with E-state index in [0.717, 1.165) is 0 Å². The fourth-order valence-corrected chi connectivity index (χ4v) is 0.921. The van der Waals surface area contributed by atoms with Crippen LogP contribution in [-0.4, -0.2) is 23.8 Å². The normalized spacial score (nSPS) is 15.7. The molecule has 0 spiro atoms. The van der Waals surface area contributed by atoms with Crippen molar-refractivity contribution in [2.75, 3.05) is 6.61 Å². The quantitative estimate of drug-likeness (QED) is 0.523. The summed E-state index contributed by atoms with van der Waals surface area (Å²) in [6.07, 6.45) is 3.35. The molecule has 2 atom stereocenters. The lowest BCUT2D eigenvalue weighted by Gasteiger charge is -2.11. The van der Waals surface area contributed by atoms with Gasteiger partial charge in [-0.1, -0.05) is 19.9 Å². The third-order valence-electron chi connectivity index (χ3n) is 1.85. The highest BCUT2D eigenvalue weighted by Gasteiger charge is 2.08. The molecule has 0 bridgehead atoms. The van der Waals surface area contributed by atoms with Crippen molar-refractivity contribution in [1.82, 2.24) is 0 Å². The van der Waals surface area contributed by atoms with Crippen molar-refractivity contribution >= 4 is 5.97 Å². The van der Waals surface area contributed by atoms with Crippen LogP contribution in [0.1, 0.15) is 27.2 Å². The second kappa shape index (κ2) is 6.66. The van der Waals surface area contributed by atoms with E-state index in [9.17, 15) is 9.90 Å². The lowest BCUT2D eigenvalue weighted by atomic mass is 10.0. The number of ether oxygens (including phenoxy) is 1. The van der Waals surface area contributed by atoms with Crippen molar-refractivity contribution < 1.29 is 14.6 Å². The van der Waals surface area contributed by atoms with E-state index in [2.05, 4.69) is 0 Å². The lowest BCUT2D eigenvalue weighted by molar-refractivity contribution is -0.137. The van der Waals surface area contributed by atoms with E-state index in [1.165, 1.54) is 6.08 Å². The van der Waals surface area contributed by atoms with Crippen LogP contribution in [0, 0.1) is 5.92 Å². The smallest absolute Gasteiger partial charge is 0.330 e. The highest BCUT2D eigenvalue weighted by atomic mass is 16.5. The number of esters is 1. The Labute approximate surface area is 79.4 Å². The van der Waals surface area contributed by atoms with Gasteiger partial charge >= 0.3 is 5.97 Å². The second-order valence-electron chi connectivity index (χ2n) is 2.95. The van der Waals surface area contributed by atoms with Crippen molar-refractivity contribution in [2.24, 2.45) is 5.92 Å². The van der Waals surface area contributed by atoms with E-state index in [1.54, 1.807) is 13.0 Å². The molecule has 3 nitrogen and oxygen atoms in total. The van der Waals surface area contributed by atoms with E-state index in [-0.39, 0.29) is 18.0 Å². The zero-order valence-electron chi connectivity index (χ0n) is 8.49. The fraction of sp³-hybridized carbons (Fsp3) is 0.700. The molecule has 1 N–H and O–H groups in total. The first-order chi connectivity index (χ1) is 6.11. The van der Waals surface area contributed by atoms with Crippen molar-refractivity contribution in [2.45, 2.75) is 33.3 Å². The van der Waals surface area contributed by atoms with Crippen LogP contribution in [0.3, 0.4) is 0 Å². The molecule has 3 heteroatoms. The summed E-state index contributed by atoms with van der Waals surface area (Å²) in [4.78, 5) is 10.9. The topological polar surface area (TPSA) is 46.5 Å². The Kier molecular flexibility index (Phi) is 6.24. The maximum atomic E-state index is 10.9. The van der Waals surface area contributed by atoms with Crippen molar-refractivity contribution in [3.8, 4) is 0 Å². The fourth-order valence-electron chi connectivity index (χ4n) is 0.921. The summed E-state index contributed by atoms with van der Waals surface area (Å²) in [6, 6.07) is 0. The number of aliphatic hydroxyl groups excluding tert-OH is 1. The highest BCUT2D eigenvalue weighted by Crippen LogP contribution is 2.07. The molecule has 0 saturated heterocycles. The van der Waals surface area contributed by atoms with E-state index in [0.29, 0.717) is 13.0 Å². The van der Waals surface area contributed by atoms with E-state index < -0.39 is 0 Å². The Morgan fingerprint density at radius 2 is 2.15 bits per heavy atom. The molecule has 0 unspecified atom stereocenters. The predicted octanol–water partition coefficient (Wildman–Crippen LogP) is 1.51. The summed E-state index contributed by atoms with van der Waals surface area (Å²) in [6.45, 7) is 5.91. The van der Waals surface area contributed by atoms with E-state index >= 15 is 0 Å². The van der Waals surface area contributed by atoms with Gasteiger partial charge in [-0.15, -0.1) is 0 Å². The Bertz CT molecular complexity index is 175. The maximum Gasteiger partial charge on any atom is 0.330 e. The lowest BCUT2D eigenvalue weighted by Crippen LogP contribution is -2.14. The second-order valence-corrected chi connectivity index (χ2v) is 2.95. The summed E-state index contributed by atoms with van der Waals surface area (Å²) in [5.41, 5.74) is 0. The molecule has 0 aliphatic carbocycles. The van der Waals surface area contributed by atoms with Gasteiger partial charge in [0.05, 0.1) is 12.7 Å². The van der Waals surface area contributed by atoms with E-state index in [1.807, 2.05) is 13.8 Å². The number of aliphatic hydroxyl groups is 1. The molecule has 0 aromatic rings. The maximum absolute atomic E-state index is 10.9. The predicted molar refractivity (Wildman–Crippen MR) is 51.2 cm³/mol. The standard InChI is InChI=1S/C10H18O3/c1-4-9(11)8(3)6-7-10(12)13-5-2/h6-9,11H,4-5H2,1-3H3/t8-,9+/m1/s1. The molecule has 0 amide bonds. The third-order valence-corrected chi connectivity index (χ3v) is 1.85. The number of hydrogen-bond donors (Lipinski definition) is 1. The van der Waals surface area contributed by atoms with Gasteiger partial charge in [0.15, 0.2) is 0 Å². The Morgan fingerprint density at radius 3 is 2.62 bits per heavy atom. The van der Waals surface area contributed by atoms with Crippen LogP contribution in [0.15, 0.2) is 12.2 Å². The molecule has 76 valence electrons. The number of carbonyl (C=O) groups excluding carboxylic acids is 1. The molecule has 0 fully saturated rings. The number of hydrogen-bond acceptors (Lipinski definition) is 3. The number of carbonyl (C=O) groups is 1. The van der Waals surface area contributed by atoms with Crippen molar-refractivity contribution in [1.29, 1.82) is 0 Å². The van der Waals surface area contributed by atoms with Crippen LogP contribution in [0.5, 0.6) is 0 Å². The van der Waals surface area contributed by atoms with Gasteiger partial charge in [0, 0.05) is 12.0 Å². The van der Waals surface area contributed by atoms with Gasteiger partial charge in [-0.25, -0.2) is 4.79 Å². The Hall–Kier alpha value is -0.830. The highest BCUT2D eigenvalue weighted by molar-refractivity contribution is 5.81. The van der Waals surface area contributed by atoms with Gasteiger partial charge in [0.1, 0.15) is 0 Å². The van der Waals surface area contributed by atoms with Gasteiger partial charge in [-0.05, 0) is 13.3 Å². The zero-order chi connectivity index (χ0) is 10.3. The molecule has 0 aliphatic heterocycles. The molecule has 0 radical (unpaired) electrons. The Morgan fingerprint density at radius 1 is 1.54 bits per heavy atom. The molecular formula is C10H18O3. The van der Waals surface area contributed by atoms with Crippen LogP contribution in [0.25, 0.3) is 0 Å². The molecular weight excluding hydrogens is 168 g/mol. The van der Waals surface area contributed by atoms with Crippen LogP contribution in [0.4, 0.5) is 0 Å². The van der Waals surface area contributed by atoms with Crippen LogP contribution < -0.4 is 0 Å². The van der Waals surface area contributed by atoms with Gasteiger partial charge < -0.3 is 9.84 Å². The molecule has 13 heavy (non-hydrogen) atoms. The zero-order valence-corrected chi connectivity index (χ0v) is 8.49. The van der Waals surface area contributed by atoms with Gasteiger partial charge in [0.2, 0.25) is 0 Å². The first-order valence-electron chi connectivity index (χ1n) is 4.64. The molecule has 0 aromatic heterocycles. The molecule has 0 aromatic carbocycles. The SMILES string of the molecule is CCOC(=O)C=C[C@@H](C)[C@@H](O)CC. The monoisotopic (exact) mass is 186 g/mol. The van der Waals surface area contributed by atoms with E-state index in [4.69, 9.17) is 4.74 Å². The minimum atomic E-state index is -0.384. The number of rotatable bonds is 5. The molecule has 0 saturated carbocycles. The summed E-state index contributed by atoms with van der Waals surface area (Å²) < 4.78 is 4.70. The van der Waals surface area contributed by atoms with Crippen LogP contribution in [0.2, 0.25) is 0 Å².